The predicted octanol–water partition coefficient (Wildman–Crippen LogP) is 2.56. The Kier molecular flexibility index (Phi) is 4.43. The molecule has 0 N–H and O–H groups in total. The van der Waals surface area contributed by atoms with Gasteiger partial charge in [-0.25, -0.2) is 0 Å². The van der Waals surface area contributed by atoms with Gasteiger partial charge in [0.05, 0.1) is 6.10 Å². The molecule has 2 heteroatoms. The number of carbonyl (C=O) groups excluding carboxylic acids is 1. The lowest BCUT2D eigenvalue weighted by Crippen LogP contribution is -2.10. The summed E-state index contributed by atoms with van der Waals surface area (Å²) < 4.78 is 5.60. The van der Waals surface area contributed by atoms with Gasteiger partial charge in [0, 0.05) is 19.4 Å². The summed E-state index contributed by atoms with van der Waals surface area (Å²) in [5, 5.41) is 0. The first-order valence-electron chi connectivity index (χ1n) is 5.32. The fourth-order valence-corrected chi connectivity index (χ4v) is 1.66. The number of carbonyl (C=O) groups is 1. The van der Waals surface area contributed by atoms with Gasteiger partial charge in [-0.05, 0) is 25.2 Å². The number of hydrogen-bond donors (Lipinski definition) is 0. The molecule has 1 aliphatic rings. The monoisotopic (exact) mass is 184 g/mol. The minimum absolute atomic E-state index is 0.236. The van der Waals surface area contributed by atoms with E-state index in [1.165, 1.54) is 6.42 Å². The molecular weight excluding hydrogens is 164 g/mol. The summed E-state index contributed by atoms with van der Waals surface area (Å²) in [6.07, 6.45) is 4.92. The minimum atomic E-state index is 0.236. The van der Waals surface area contributed by atoms with Crippen LogP contribution in [0.4, 0.5) is 0 Å². The van der Waals surface area contributed by atoms with Crippen molar-refractivity contribution >= 4 is 5.78 Å². The molecule has 1 atom stereocenters. The molecule has 1 rings (SSSR count). The second kappa shape index (κ2) is 5.38. The van der Waals surface area contributed by atoms with E-state index in [2.05, 4.69) is 13.8 Å². The highest BCUT2D eigenvalue weighted by Gasteiger charge is 2.21. The largest absolute Gasteiger partial charge is 0.378 e. The molecule has 0 heterocycles. The smallest absolute Gasteiger partial charge is 0.135 e. The van der Waals surface area contributed by atoms with Crippen molar-refractivity contribution < 1.29 is 9.53 Å². The van der Waals surface area contributed by atoms with Gasteiger partial charge < -0.3 is 4.74 Å². The first kappa shape index (κ1) is 10.7. The predicted molar refractivity (Wildman–Crippen MR) is 52.7 cm³/mol. The van der Waals surface area contributed by atoms with Crippen LogP contribution in [0.25, 0.3) is 0 Å². The highest BCUT2D eigenvalue weighted by atomic mass is 16.5. The molecule has 2 nitrogen and oxygen atoms in total. The van der Waals surface area contributed by atoms with Gasteiger partial charge >= 0.3 is 0 Å². The first-order valence-corrected chi connectivity index (χ1v) is 5.32. The van der Waals surface area contributed by atoms with Crippen molar-refractivity contribution in [3.63, 3.8) is 0 Å². The van der Waals surface area contributed by atoms with E-state index in [9.17, 15) is 4.79 Å². The molecular formula is C11H20O2. The molecule has 0 amide bonds. The Labute approximate surface area is 80.7 Å². The van der Waals surface area contributed by atoms with Crippen LogP contribution in [0.15, 0.2) is 0 Å². The standard InChI is InChI=1S/C11H20O2/c1-9(2)4-3-7-13-11-6-5-10(12)8-11/h9,11H,3-8H2,1-2H3. The molecule has 0 spiro atoms. The summed E-state index contributed by atoms with van der Waals surface area (Å²) in [7, 11) is 0. The summed E-state index contributed by atoms with van der Waals surface area (Å²) in [6.45, 7) is 5.27. The van der Waals surface area contributed by atoms with Crippen LogP contribution in [0.2, 0.25) is 0 Å². The highest BCUT2D eigenvalue weighted by Crippen LogP contribution is 2.18. The van der Waals surface area contributed by atoms with E-state index in [0.717, 1.165) is 31.8 Å². The molecule has 1 unspecified atom stereocenters. The number of rotatable bonds is 5. The molecule has 13 heavy (non-hydrogen) atoms. The minimum Gasteiger partial charge on any atom is -0.378 e. The van der Waals surface area contributed by atoms with Gasteiger partial charge in [0.15, 0.2) is 0 Å². The fourth-order valence-electron chi connectivity index (χ4n) is 1.66. The first-order chi connectivity index (χ1) is 6.18. The summed E-state index contributed by atoms with van der Waals surface area (Å²) in [5.41, 5.74) is 0. The van der Waals surface area contributed by atoms with Crippen LogP contribution in [0.3, 0.4) is 0 Å². The van der Waals surface area contributed by atoms with E-state index in [-0.39, 0.29) is 6.10 Å². The van der Waals surface area contributed by atoms with Gasteiger partial charge in [-0.1, -0.05) is 13.8 Å². The van der Waals surface area contributed by atoms with Crippen LogP contribution in [-0.2, 0) is 9.53 Å². The van der Waals surface area contributed by atoms with Gasteiger partial charge in [-0.15, -0.1) is 0 Å². The van der Waals surface area contributed by atoms with E-state index in [4.69, 9.17) is 4.74 Å². The van der Waals surface area contributed by atoms with Crippen molar-refractivity contribution in [2.24, 2.45) is 5.92 Å². The van der Waals surface area contributed by atoms with Crippen LogP contribution in [0, 0.1) is 5.92 Å². The van der Waals surface area contributed by atoms with Crippen LogP contribution in [0.1, 0.15) is 46.0 Å². The third kappa shape index (κ3) is 4.41. The molecule has 0 aromatic carbocycles. The zero-order valence-corrected chi connectivity index (χ0v) is 8.71. The number of ketones is 1. The average molecular weight is 184 g/mol. The molecule has 0 aliphatic heterocycles. The second-order valence-electron chi connectivity index (χ2n) is 4.31. The third-order valence-electron chi connectivity index (χ3n) is 2.48. The van der Waals surface area contributed by atoms with Crippen molar-refractivity contribution in [2.45, 2.75) is 52.1 Å². The maximum Gasteiger partial charge on any atom is 0.135 e. The van der Waals surface area contributed by atoms with Crippen LogP contribution in [-0.4, -0.2) is 18.5 Å². The lowest BCUT2D eigenvalue weighted by atomic mass is 10.1. The van der Waals surface area contributed by atoms with Crippen molar-refractivity contribution in [2.75, 3.05) is 6.61 Å². The molecule has 0 bridgehead atoms. The van der Waals surface area contributed by atoms with Gasteiger partial charge in [-0.2, -0.15) is 0 Å². The Balaban J connectivity index is 1.97. The maximum atomic E-state index is 10.9. The molecule has 0 aromatic heterocycles. The zero-order chi connectivity index (χ0) is 9.68. The Hall–Kier alpha value is -0.370. The van der Waals surface area contributed by atoms with Crippen molar-refractivity contribution in [3.8, 4) is 0 Å². The van der Waals surface area contributed by atoms with Crippen molar-refractivity contribution in [1.82, 2.24) is 0 Å². The van der Waals surface area contributed by atoms with Gasteiger partial charge in [0.2, 0.25) is 0 Å². The fraction of sp³-hybridized carbons (Fsp3) is 0.909. The topological polar surface area (TPSA) is 26.3 Å². The van der Waals surface area contributed by atoms with E-state index in [0.29, 0.717) is 12.2 Å². The number of Topliss-reactive ketones (excluding diaryl/α,β-unsaturated/α-hetero) is 1. The van der Waals surface area contributed by atoms with Crippen molar-refractivity contribution in [3.05, 3.63) is 0 Å². The third-order valence-corrected chi connectivity index (χ3v) is 2.48. The lowest BCUT2D eigenvalue weighted by Gasteiger charge is -2.10. The van der Waals surface area contributed by atoms with Crippen LogP contribution < -0.4 is 0 Å². The zero-order valence-electron chi connectivity index (χ0n) is 8.71. The van der Waals surface area contributed by atoms with Crippen LogP contribution >= 0.6 is 0 Å². The molecule has 1 fully saturated rings. The normalized spacial score (nSPS) is 23.0. The lowest BCUT2D eigenvalue weighted by molar-refractivity contribution is -0.118. The SMILES string of the molecule is CC(C)CCCOC1CCC(=O)C1. The average Bonchev–Trinajstić information content (AvgIpc) is 2.45. The molecule has 0 saturated heterocycles. The Morgan fingerprint density at radius 3 is 2.85 bits per heavy atom. The van der Waals surface area contributed by atoms with Gasteiger partial charge in [0.1, 0.15) is 5.78 Å². The summed E-state index contributed by atoms with van der Waals surface area (Å²) in [6, 6.07) is 0. The molecule has 76 valence electrons. The van der Waals surface area contributed by atoms with Crippen molar-refractivity contribution in [1.29, 1.82) is 0 Å². The molecule has 1 aliphatic carbocycles. The summed E-state index contributed by atoms with van der Waals surface area (Å²) in [5.74, 6) is 1.13. The summed E-state index contributed by atoms with van der Waals surface area (Å²) in [4.78, 5) is 10.9. The van der Waals surface area contributed by atoms with E-state index >= 15 is 0 Å². The van der Waals surface area contributed by atoms with Gasteiger partial charge in [-0.3, -0.25) is 4.79 Å². The molecule has 0 aromatic rings. The van der Waals surface area contributed by atoms with E-state index in [1.807, 2.05) is 0 Å². The number of hydrogen-bond acceptors (Lipinski definition) is 2. The van der Waals surface area contributed by atoms with Gasteiger partial charge in [0.25, 0.3) is 0 Å². The van der Waals surface area contributed by atoms with Crippen LogP contribution in [0.5, 0.6) is 0 Å². The Bertz CT molecular complexity index is 163. The number of ether oxygens (including phenoxy) is 1. The molecule has 0 radical (unpaired) electrons. The van der Waals surface area contributed by atoms with E-state index in [1.54, 1.807) is 0 Å². The second-order valence-corrected chi connectivity index (χ2v) is 4.31. The Morgan fingerprint density at radius 1 is 1.54 bits per heavy atom. The quantitative estimate of drug-likeness (QED) is 0.614. The Morgan fingerprint density at radius 2 is 2.31 bits per heavy atom. The summed E-state index contributed by atoms with van der Waals surface area (Å²) >= 11 is 0. The highest BCUT2D eigenvalue weighted by molar-refractivity contribution is 5.81. The maximum absolute atomic E-state index is 10.9. The molecule has 1 saturated carbocycles. The van der Waals surface area contributed by atoms with E-state index < -0.39 is 0 Å².